The maximum Gasteiger partial charge on any atom is 0.400 e. The van der Waals surface area contributed by atoms with E-state index >= 15 is 0 Å². The molecule has 1 amide bonds. The zero-order valence-electron chi connectivity index (χ0n) is 21.8. The highest BCUT2D eigenvalue weighted by Gasteiger charge is 2.47. The van der Waals surface area contributed by atoms with Crippen LogP contribution in [0, 0.1) is 0 Å². The number of nitrogens with one attached hydrogen (secondary N) is 3. The number of aromatic nitrogens is 3. The van der Waals surface area contributed by atoms with Crippen LogP contribution in [0.2, 0.25) is 0 Å². The van der Waals surface area contributed by atoms with Crippen LogP contribution in [0.25, 0.3) is 0 Å². The van der Waals surface area contributed by atoms with Crippen molar-refractivity contribution in [3.63, 3.8) is 0 Å². The van der Waals surface area contributed by atoms with E-state index < -0.39 is 24.6 Å². The summed E-state index contributed by atoms with van der Waals surface area (Å²) < 4.78 is 45.5. The lowest BCUT2D eigenvalue weighted by molar-refractivity contribution is -0.152. The smallest absolute Gasteiger partial charge is 0.400 e. The van der Waals surface area contributed by atoms with Crippen molar-refractivity contribution in [3.8, 4) is 5.75 Å². The molecule has 10 nitrogen and oxygen atoms in total. The number of fused-ring (bicyclic) bond motifs is 1. The number of hydrogen-bond donors (Lipinski definition) is 3. The first-order valence-corrected chi connectivity index (χ1v) is 12.8. The number of rotatable bonds is 8. The molecule has 2 aliphatic rings. The van der Waals surface area contributed by atoms with Crippen molar-refractivity contribution >= 4 is 34.9 Å². The van der Waals surface area contributed by atoms with Crippen LogP contribution in [0.4, 0.5) is 42.1 Å². The second-order valence-electron chi connectivity index (χ2n) is 9.53. The van der Waals surface area contributed by atoms with E-state index in [1.54, 1.807) is 0 Å². The monoisotopic (exact) mass is 554 g/mol. The largest absolute Gasteiger partial charge is 0.491 e. The molecule has 2 aliphatic heterocycles. The molecule has 1 aromatic carbocycles. The number of benzene rings is 1. The Morgan fingerprint density at radius 3 is 2.55 bits per heavy atom. The summed E-state index contributed by atoms with van der Waals surface area (Å²) in [5.41, 5.74) is 1.71. The van der Waals surface area contributed by atoms with E-state index in [1.807, 2.05) is 24.3 Å². The molecule has 1 fully saturated rings. The Hall–Kier alpha value is -4.39. The van der Waals surface area contributed by atoms with Crippen LogP contribution in [-0.2, 0) is 0 Å². The van der Waals surface area contributed by atoms with Gasteiger partial charge in [-0.2, -0.15) is 18.2 Å². The predicted octanol–water partition coefficient (Wildman–Crippen LogP) is 4.06. The quantitative estimate of drug-likeness (QED) is 0.355. The molecule has 40 heavy (non-hydrogen) atoms. The summed E-state index contributed by atoms with van der Waals surface area (Å²) in [6, 6.07) is 10.7. The van der Waals surface area contributed by atoms with Crippen molar-refractivity contribution < 1.29 is 22.7 Å². The fourth-order valence-corrected chi connectivity index (χ4v) is 4.44. The van der Waals surface area contributed by atoms with Gasteiger partial charge in [-0.05, 0) is 43.4 Å². The van der Waals surface area contributed by atoms with E-state index in [0.29, 0.717) is 0 Å². The summed E-state index contributed by atoms with van der Waals surface area (Å²) in [4.78, 5) is 30.2. The van der Waals surface area contributed by atoms with Gasteiger partial charge in [0.15, 0.2) is 0 Å². The molecule has 0 bridgehead atoms. The molecule has 0 spiro atoms. The van der Waals surface area contributed by atoms with Crippen molar-refractivity contribution in [1.82, 2.24) is 25.2 Å². The summed E-state index contributed by atoms with van der Waals surface area (Å²) in [5.74, 6) is -1.91. The number of hydrogen-bond acceptors (Lipinski definition) is 9. The van der Waals surface area contributed by atoms with E-state index in [9.17, 15) is 18.0 Å². The fraction of sp³-hybridized carbons (Fsp3) is 0.333. The summed E-state index contributed by atoms with van der Waals surface area (Å²) in [5, 5.41) is 8.67. The second kappa shape index (κ2) is 11.4. The third-order valence-corrected chi connectivity index (χ3v) is 6.70. The molecule has 0 radical (unpaired) electrons. The molecule has 1 saturated heterocycles. The number of nitrogens with zero attached hydrogens (tertiary/aromatic N) is 5. The molecule has 0 aliphatic carbocycles. The Balaban J connectivity index is 1.38. The van der Waals surface area contributed by atoms with Gasteiger partial charge in [-0.25, -0.2) is 9.97 Å². The minimum Gasteiger partial charge on any atom is -0.491 e. The Kier molecular flexibility index (Phi) is 7.74. The van der Waals surface area contributed by atoms with Crippen molar-refractivity contribution in [3.05, 3.63) is 66.5 Å². The van der Waals surface area contributed by atoms with Gasteiger partial charge < -0.3 is 30.5 Å². The molecule has 1 unspecified atom stereocenters. The van der Waals surface area contributed by atoms with Crippen molar-refractivity contribution in [2.45, 2.75) is 12.1 Å². The second-order valence-corrected chi connectivity index (χ2v) is 9.53. The Morgan fingerprint density at radius 2 is 1.85 bits per heavy atom. The van der Waals surface area contributed by atoms with Crippen LogP contribution in [-0.4, -0.2) is 78.3 Å². The third kappa shape index (κ3) is 6.09. The standard InChI is InChI=1S/C27H29F3N8O2/c1-3-10-31-25(39)19-15-32-26(33-17-4-6-18(7-5-17)38-13-11-37(2)12-14-38)36-24(19)35-22-9-8-21-23(34-22)20(16-40-21)27(28,29)30/h3-9,15,20H,1,10-14,16H2,2H3,(H,31,39)(H2,32,33,34,35,36). The van der Waals surface area contributed by atoms with Crippen LogP contribution in [0.1, 0.15) is 22.0 Å². The molecule has 0 saturated carbocycles. The van der Waals surface area contributed by atoms with Gasteiger partial charge in [0.1, 0.15) is 41.2 Å². The SMILES string of the molecule is C=CCNC(=O)c1cnc(Nc2ccc(N3CCN(C)CC3)cc2)nc1Nc1ccc2c(n1)C(C(F)(F)F)CO2. The van der Waals surface area contributed by atoms with E-state index in [-0.39, 0.29) is 41.1 Å². The zero-order chi connectivity index (χ0) is 28.3. The molecule has 3 aromatic rings. The van der Waals surface area contributed by atoms with Gasteiger partial charge in [-0.1, -0.05) is 6.08 Å². The minimum absolute atomic E-state index is 0.0712. The Bertz CT molecular complexity index is 1380. The summed E-state index contributed by atoms with van der Waals surface area (Å²) in [7, 11) is 2.11. The number of amides is 1. The third-order valence-electron chi connectivity index (χ3n) is 6.70. The van der Waals surface area contributed by atoms with Crippen LogP contribution in [0.15, 0.2) is 55.3 Å². The fourth-order valence-electron chi connectivity index (χ4n) is 4.44. The number of pyridine rings is 1. The average molecular weight is 555 g/mol. The molecule has 13 heteroatoms. The number of carbonyl (C=O) groups is 1. The van der Waals surface area contributed by atoms with Gasteiger partial charge in [-0.15, -0.1) is 6.58 Å². The van der Waals surface area contributed by atoms with Crippen molar-refractivity contribution in [2.75, 3.05) is 61.9 Å². The predicted molar refractivity (Wildman–Crippen MR) is 146 cm³/mol. The highest BCUT2D eigenvalue weighted by atomic mass is 19.4. The maximum absolute atomic E-state index is 13.5. The number of alkyl halides is 3. The molecule has 210 valence electrons. The van der Waals surface area contributed by atoms with E-state index in [4.69, 9.17) is 4.74 Å². The highest BCUT2D eigenvalue weighted by Crippen LogP contribution is 2.43. The van der Waals surface area contributed by atoms with Crippen molar-refractivity contribution in [2.24, 2.45) is 0 Å². The number of carbonyl (C=O) groups excluding carboxylic acids is 1. The average Bonchev–Trinajstić information content (AvgIpc) is 3.37. The van der Waals surface area contributed by atoms with Crippen LogP contribution in [0.5, 0.6) is 5.75 Å². The maximum atomic E-state index is 13.5. The molecule has 3 N–H and O–H groups in total. The van der Waals surface area contributed by atoms with E-state index in [0.717, 1.165) is 37.6 Å². The van der Waals surface area contributed by atoms with Gasteiger partial charge in [0.2, 0.25) is 5.95 Å². The summed E-state index contributed by atoms with van der Waals surface area (Å²) in [6.45, 7) is 7.16. The number of piperazine rings is 1. The van der Waals surface area contributed by atoms with Gasteiger partial charge in [0, 0.05) is 50.3 Å². The topological polar surface area (TPSA) is 108 Å². The molecular weight excluding hydrogens is 525 g/mol. The lowest BCUT2D eigenvalue weighted by Gasteiger charge is -2.34. The zero-order valence-corrected chi connectivity index (χ0v) is 21.8. The summed E-state index contributed by atoms with van der Waals surface area (Å²) in [6.07, 6.45) is -1.64. The van der Waals surface area contributed by atoms with Crippen LogP contribution >= 0.6 is 0 Å². The first-order valence-electron chi connectivity index (χ1n) is 12.8. The Morgan fingerprint density at radius 1 is 1.10 bits per heavy atom. The van der Waals surface area contributed by atoms with Crippen LogP contribution in [0.3, 0.4) is 0 Å². The first kappa shape index (κ1) is 27.2. The van der Waals surface area contributed by atoms with Gasteiger partial charge in [0.25, 0.3) is 5.91 Å². The van der Waals surface area contributed by atoms with Crippen LogP contribution < -0.4 is 25.6 Å². The number of halogens is 3. The number of ether oxygens (including phenoxy) is 1. The first-order chi connectivity index (χ1) is 19.2. The molecule has 1 atom stereocenters. The van der Waals surface area contributed by atoms with Gasteiger partial charge >= 0.3 is 6.18 Å². The molecule has 2 aromatic heterocycles. The molecule has 4 heterocycles. The van der Waals surface area contributed by atoms with Crippen molar-refractivity contribution in [1.29, 1.82) is 0 Å². The van der Waals surface area contributed by atoms with E-state index in [1.165, 1.54) is 24.4 Å². The summed E-state index contributed by atoms with van der Waals surface area (Å²) >= 11 is 0. The number of anilines is 5. The Labute approximate surface area is 229 Å². The number of likely N-dealkylation sites (N-methyl/N-ethyl adjacent to an activating group) is 1. The van der Waals surface area contributed by atoms with E-state index in [2.05, 4.69) is 54.3 Å². The molecular formula is C27H29F3N8O2. The minimum atomic E-state index is -4.50. The van der Waals surface area contributed by atoms with Gasteiger partial charge in [0.05, 0.1) is 0 Å². The van der Waals surface area contributed by atoms with Gasteiger partial charge in [-0.3, -0.25) is 4.79 Å². The lowest BCUT2D eigenvalue weighted by atomic mass is 10.1. The highest BCUT2D eigenvalue weighted by molar-refractivity contribution is 5.99. The normalized spacial score (nSPS) is 17.1. The lowest BCUT2D eigenvalue weighted by Crippen LogP contribution is -2.44. The molecule has 5 rings (SSSR count).